The van der Waals surface area contributed by atoms with Crippen molar-refractivity contribution in [2.45, 2.75) is 50.9 Å². The van der Waals surface area contributed by atoms with E-state index in [9.17, 15) is 9.90 Å². The maximum Gasteiger partial charge on any atom is 0.246 e. The number of benzene rings is 1. The van der Waals surface area contributed by atoms with Crippen molar-refractivity contribution in [2.75, 3.05) is 0 Å². The average Bonchev–Trinajstić information content (AvgIpc) is 3.26. The fourth-order valence-corrected chi connectivity index (χ4v) is 3.47. The Morgan fingerprint density at radius 2 is 2.12 bits per heavy atom. The molecule has 0 saturated heterocycles. The quantitative estimate of drug-likeness (QED) is 0.789. The van der Waals surface area contributed by atoms with Gasteiger partial charge in [-0.05, 0) is 43.4 Å². The van der Waals surface area contributed by atoms with E-state index in [2.05, 4.69) is 23.8 Å². The Labute approximate surface area is 148 Å². The lowest BCUT2D eigenvalue weighted by molar-refractivity contribution is -0.129. The number of hydrogen-bond acceptors (Lipinski definition) is 3. The molecular weight excluding hydrogens is 314 g/mol. The van der Waals surface area contributed by atoms with Crippen LogP contribution in [0.15, 0.2) is 55.3 Å². The fourth-order valence-electron chi connectivity index (χ4n) is 3.47. The number of aliphatic hydroxyl groups is 1. The Morgan fingerprint density at radius 1 is 1.32 bits per heavy atom. The lowest BCUT2D eigenvalue weighted by Gasteiger charge is -2.28. The summed E-state index contributed by atoms with van der Waals surface area (Å²) in [4.78, 5) is 14.1. The van der Waals surface area contributed by atoms with Crippen molar-refractivity contribution in [3.05, 3.63) is 66.5 Å². The van der Waals surface area contributed by atoms with Crippen LogP contribution in [0.3, 0.4) is 0 Å². The highest BCUT2D eigenvalue weighted by Crippen LogP contribution is 2.26. The van der Waals surface area contributed by atoms with Crippen molar-refractivity contribution in [3.8, 4) is 0 Å². The molecular formula is C20H25N3O2. The van der Waals surface area contributed by atoms with E-state index in [-0.39, 0.29) is 18.1 Å². The number of carbonyl (C=O) groups is 1. The Morgan fingerprint density at radius 3 is 2.80 bits per heavy atom. The van der Waals surface area contributed by atoms with Gasteiger partial charge in [-0.2, -0.15) is 5.10 Å². The smallest absolute Gasteiger partial charge is 0.246 e. The minimum Gasteiger partial charge on any atom is -0.393 e. The second-order valence-corrected chi connectivity index (χ2v) is 6.57. The molecule has 1 aromatic carbocycles. The molecule has 1 aliphatic carbocycles. The molecule has 1 heterocycles. The lowest BCUT2D eigenvalue weighted by atomic mass is 10.1. The van der Waals surface area contributed by atoms with Crippen molar-refractivity contribution < 1.29 is 9.90 Å². The molecule has 0 radical (unpaired) electrons. The zero-order chi connectivity index (χ0) is 17.6. The Hall–Kier alpha value is -2.40. The first-order chi connectivity index (χ1) is 12.2. The largest absolute Gasteiger partial charge is 0.393 e. The molecule has 1 aromatic heterocycles. The van der Waals surface area contributed by atoms with Gasteiger partial charge in [0.25, 0.3) is 0 Å². The summed E-state index contributed by atoms with van der Waals surface area (Å²) in [5.41, 5.74) is 2.27. The summed E-state index contributed by atoms with van der Waals surface area (Å²) in [5.74, 6) is -0.0880. The summed E-state index contributed by atoms with van der Waals surface area (Å²) in [6, 6.07) is 12.3. The fraction of sp³-hybridized carbons (Fsp3) is 0.400. The summed E-state index contributed by atoms with van der Waals surface area (Å²) >= 11 is 0. The van der Waals surface area contributed by atoms with Crippen LogP contribution in [0.2, 0.25) is 0 Å². The molecule has 1 N–H and O–H groups in total. The van der Waals surface area contributed by atoms with E-state index >= 15 is 0 Å². The van der Waals surface area contributed by atoms with Gasteiger partial charge in [0.05, 0.1) is 18.3 Å². The normalized spacial score (nSPS) is 19.7. The molecule has 25 heavy (non-hydrogen) atoms. The Kier molecular flexibility index (Phi) is 5.66. The number of hydrogen-bond donors (Lipinski definition) is 1. The topological polar surface area (TPSA) is 58.4 Å². The van der Waals surface area contributed by atoms with E-state index in [1.54, 1.807) is 6.20 Å². The molecule has 2 aromatic rings. The number of aromatic nitrogens is 2. The summed E-state index contributed by atoms with van der Waals surface area (Å²) in [6.45, 7) is 4.89. The third-order valence-electron chi connectivity index (χ3n) is 4.87. The number of nitrogens with zero attached hydrogens (tertiary/aromatic N) is 3. The van der Waals surface area contributed by atoms with Gasteiger partial charge in [-0.25, -0.2) is 0 Å². The first-order valence-corrected chi connectivity index (χ1v) is 8.83. The van der Waals surface area contributed by atoms with Crippen molar-refractivity contribution in [2.24, 2.45) is 0 Å². The van der Waals surface area contributed by atoms with Crippen LogP contribution >= 0.6 is 0 Å². The third kappa shape index (κ3) is 4.37. The van der Waals surface area contributed by atoms with Crippen LogP contribution in [0.5, 0.6) is 0 Å². The Bertz CT molecular complexity index is 711. The van der Waals surface area contributed by atoms with Gasteiger partial charge in [-0.1, -0.05) is 36.9 Å². The van der Waals surface area contributed by atoms with Crippen LogP contribution in [0.1, 0.15) is 30.5 Å². The minimum absolute atomic E-state index is 0.0676. The third-order valence-corrected chi connectivity index (χ3v) is 4.87. The van der Waals surface area contributed by atoms with Gasteiger partial charge in [0.15, 0.2) is 0 Å². The number of aryl methyl sites for hydroxylation is 2. The predicted octanol–water partition coefficient (Wildman–Crippen LogP) is 2.55. The lowest BCUT2D eigenvalue weighted by Crippen LogP contribution is -2.38. The molecule has 1 saturated carbocycles. The van der Waals surface area contributed by atoms with Crippen molar-refractivity contribution in [1.82, 2.24) is 14.7 Å². The zero-order valence-electron chi connectivity index (χ0n) is 14.4. The van der Waals surface area contributed by atoms with E-state index in [4.69, 9.17) is 0 Å². The van der Waals surface area contributed by atoms with Crippen LogP contribution < -0.4 is 0 Å². The number of rotatable bonds is 7. The van der Waals surface area contributed by atoms with Crippen molar-refractivity contribution in [1.29, 1.82) is 0 Å². The average molecular weight is 339 g/mol. The highest BCUT2D eigenvalue weighted by Gasteiger charge is 2.30. The molecule has 0 aliphatic heterocycles. The molecule has 0 unspecified atom stereocenters. The van der Waals surface area contributed by atoms with E-state index in [0.29, 0.717) is 13.0 Å². The Balaban J connectivity index is 1.69. The molecule has 2 atom stereocenters. The van der Waals surface area contributed by atoms with E-state index < -0.39 is 0 Å². The van der Waals surface area contributed by atoms with Crippen LogP contribution in [0, 0.1) is 0 Å². The summed E-state index contributed by atoms with van der Waals surface area (Å²) in [6.07, 6.45) is 5.94. The number of amides is 1. The molecule has 5 nitrogen and oxygen atoms in total. The van der Waals surface area contributed by atoms with Gasteiger partial charge in [-0.3, -0.25) is 9.48 Å². The summed E-state index contributed by atoms with van der Waals surface area (Å²) < 4.78 is 1.96. The second kappa shape index (κ2) is 8.12. The predicted molar refractivity (Wildman–Crippen MR) is 96.8 cm³/mol. The SMILES string of the molecule is C=CC(=O)N(Cc1ccnn1CCc1ccccc1)[C@H]1CC[C@@H](O)C1. The second-order valence-electron chi connectivity index (χ2n) is 6.57. The monoisotopic (exact) mass is 339 g/mol. The standard InChI is InChI=1S/C20H25N3O2/c1-2-20(25)22(17-8-9-19(24)14-17)15-18-10-12-21-23(18)13-11-16-6-4-3-5-7-16/h2-7,10,12,17,19,24H,1,8-9,11,13-15H2/t17-,19+/m0/s1. The van der Waals surface area contributed by atoms with Gasteiger partial charge in [0.2, 0.25) is 5.91 Å². The minimum atomic E-state index is -0.312. The van der Waals surface area contributed by atoms with Gasteiger partial charge in [-0.15, -0.1) is 0 Å². The molecule has 0 bridgehead atoms. The highest BCUT2D eigenvalue weighted by atomic mass is 16.3. The molecule has 5 heteroatoms. The van der Waals surface area contributed by atoms with Crippen molar-refractivity contribution in [3.63, 3.8) is 0 Å². The van der Waals surface area contributed by atoms with Crippen LogP contribution in [0.4, 0.5) is 0 Å². The summed E-state index contributed by atoms with van der Waals surface area (Å²) in [7, 11) is 0. The number of aliphatic hydroxyl groups excluding tert-OH is 1. The molecule has 3 rings (SSSR count). The van der Waals surface area contributed by atoms with Gasteiger partial charge < -0.3 is 10.0 Å². The van der Waals surface area contributed by atoms with Crippen LogP contribution in [-0.4, -0.2) is 37.8 Å². The van der Waals surface area contributed by atoms with Gasteiger partial charge in [0, 0.05) is 18.8 Å². The maximum atomic E-state index is 12.3. The maximum absolute atomic E-state index is 12.3. The molecule has 1 fully saturated rings. The molecule has 1 amide bonds. The molecule has 0 spiro atoms. The highest BCUT2D eigenvalue weighted by molar-refractivity contribution is 5.87. The summed E-state index contributed by atoms with van der Waals surface area (Å²) in [5, 5.41) is 14.2. The molecule has 1 aliphatic rings. The van der Waals surface area contributed by atoms with Crippen LogP contribution in [-0.2, 0) is 24.3 Å². The first-order valence-electron chi connectivity index (χ1n) is 8.83. The van der Waals surface area contributed by atoms with Gasteiger partial charge in [0.1, 0.15) is 0 Å². The number of carbonyl (C=O) groups excluding carboxylic acids is 1. The first kappa shape index (κ1) is 17.4. The zero-order valence-corrected chi connectivity index (χ0v) is 14.4. The van der Waals surface area contributed by atoms with E-state index in [1.807, 2.05) is 33.8 Å². The van der Waals surface area contributed by atoms with Gasteiger partial charge >= 0.3 is 0 Å². The molecule has 132 valence electrons. The van der Waals surface area contributed by atoms with Crippen LogP contribution in [0.25, 0.3) is 0 Å². The van der Waals surface area contributed by atoms with Crippen molar-refractivity contribution >= 4 is 5.91 Å². The van der Waals surface area contributed by atoms with E-state index in [1.165, 1.54) is 11.6 Å². The van der Waals surface area contributed by atoms with E-state index in [0.717, 1.165) is 31.5 Å².